The summed E-state index contributed by atoms with van der Waals surface area (Å²) >= 11 is 3.08. The van der Waals surface area contributed by atoms with Crippen molar-refractivity contribution in [2.45, 2.75) is 12.6 Å². The average Bonchev–Trinajstić information content (AvgIpc) is 3.17. The van der Waals surface area contributed by atoms with Crippen LogP contribution in [0.3, 0.4) is 0 Å². The lowest BCUT2D eigenvalue weighted by molar-refractivity contribution is -0.0213. The van der Waals surface area contributed by atoms with Crippen molar-refractivity contribution in [3.8, 4) is 0 Å². The van der Waals surface area contributed by atoms with Gasteiger partial charge < -0.3 is 15.4 Å². The van der Waals surface area contributed by atoms with Crippen molar-refractivity contribution in [1.29, 1.82) is 0 Å². The molecule has 1 fully saturated rings. The van der Waals surface area contributed by atoms with Crippen LogP contribution in [0.15, 0.2) is 22.9 Å². The number of carbonyl (C=O) groups excluding carboxylic acids is 1. The first-order chi connectivity index (χ1) is 9.78. The highest BCUT2D eigenvalue weighted by Crippen LogP contribution is 2.26. The van der Waals surface area contributed by atoms with Gasteiger partial charge in [0.2, 0.25) is 0 Å². The second-order valence-electron chi connectivity index (χ2n) is 4.46. The molecule has 2 aromatic heterocycles. The Morgan fingerprint density at radius 2 is 2.45 bits per heavy atom. The fourth-order valence-corrected chi connectivity index (χ4v) is 3.56. The lowest BCUT2D eigenvalue weighted by Crippen LogP contribution is -2.42. The Balaban J connectivity index is 1.71. The van der Waals surface area contributed by atoms with Crippen LogP contribution in [-0.2, 0) is 11.3 Å². The number of ether oxygens (including phenoxy) is 1. The maximum absolute atomic E-state index is 12.4. The Hall–Kier alpha value is -1.28. The molecular formula is C13H15N3O2S2. The highest BCUT2D eigenvalue weighted by atomic mass is 32.1. The number of nitrogens with zero attached hydrogens (tertiary/aromatic N) is 2. The molecule has 2 N–H and O–H groups in total. The van der Waals surface area contributed by atoms with Crippen molar-refractivity contribution in [3.05, 3.63) is 38.5 Å². The molecule has 1 saturated heterocycles. The number of aromatic nitrogens is 1. The van der Waals surface area contributed by atoms with Gasteiger partial charge >= 0.3 is 0 Å². The molecule has 3 rings (SSSR count). The van der Waals surface area contributed by atoms with E-state index in [0.29, 0.717) is 31.9 Å². The number of hydrogen-bond acceptors (Lipinski definition) is 6. The van der Waals surface area contributed by atoms with Crippen molar-refractivity contribution < 1.29 is 9.53 Å². The first kappa shape index (κ1) is 13.7. The Morgan fingerprint density at radius 3 is 3.15 bits per heavy atom. The van der Waals surface area contributed by atoms with Crippen LogP contribution in [0.4, 0.5) is 0 Å². The lowest BCUT2D eigenvalue weighted by atomic mass is 10.2. The molecule has 0 radical (unpaired) electrons. The molecule has 1 aliphatic heterocycles. The van der Waals surface area contributed by atoms with Crippen LogP contribution in [0.25, 0.3) is 0 Å². The molecule has 0 bridgehead atoms. The Kier molecular flexibility index (Phi) is 4.11. The molecule has 20 heavy (non-hydrogen) atoms. The second-order valence-corrected chi connectivity index (χ2v) is 6.38. The number of nitrogens with two attached hydrogens (primary N) is 1. The van der Waals surface area contributed by atoms with E-state index in [-0.39, 0.29) is 12.0 Å². The zero-order valence-corrected chi connectivity index (χ0v) is 12.5. The van der Waals surface area contributed by atoms with Gasteiger partial charge in [0.1, 0.15) is 16.8 Å². The number of morpholine rings is 1. The summed E-state index contributed by atoms with van der Waals surface area (Å²) in [5.74, 6) is -0.0363. The molecule has 1 atom stereocenters. The van der Waals surface area contributed by atoms with Gasteiger partial charge in [0.05, 0.1) is 13.2 Å². The molecule has 3 heterocycles. The molecule has 0 aliphatic carbocycles. The van der Waals surface area contributed by atoms with E-state index in [0.717, 1.165) is 9.88 Å². The van der Waals surface area contributed by atoms with Gasteiger partial charge in [-0.3, -0.25) is 4.79 Å². The Bertz CT molecular complexity index is 582. The fraction of sp³-hybridized carbons (Fsp3) is 0.385. The minimum Gasteiger partial charge on any atom is -0.369 e. The van der Waals surface area contributed by atoms with Gasteiger partial charge in [-0.05, 0) is 11.4 Å². The van der Waals surface area contributed by atoms with Crippen molar-refractivity contribution in [2.24, 2.45) is 5.73 Å². The largest absolute Gasteiger partial charge is 0.369 e. The van der Waals surface area contributed by atoms with Gasteiger partial charge in [0.15, 0.2) is 0 Å². The molecular weight excluding hydrogens is 294 g/mol. The van der Waals surface area contributed by atoms with Crippen LogP contribution < -0.4 is 5.73 Å². The van der Waals surface area contributed by atoms with Crippen molar-refractivity contribution in [2.75, 3.05) is 19.7 Å². The Morgan fingerprint density at radius 1 is 1.55 bits per heavy atom. The van der Waals surface area contributed by atoms with Gasteiger partial charge in [0, 0.05) is 23.3 Å². The van der Waals surface area contributed by atoms with Crippen LogP contribution in [-0.4, -0.2) is 35.5 Å². The molecule has 2 aromatic rings. The third-order valence-electron chi connectivity index (χ3n) is 3.16. The quantitative estimate of drug-likeness (QED) is 0.940. The topological polar surface area (TPSA) is 68.5 Å². The maximum Gasteiger partial charge on any atom is 0.273 e. The predicted molar refractivity (Wildman–Crippen MR) is 78.9 cm³/mol. The highest BCUT2D eigenvalue weighted by Gasteiger charge is 2.27. The average molecular weight is 309 g/mol. The molecule has 1 unspecified atom stereocenters. The van der Waals surface area contributed by atoms with Crippen LogP contribution in [0.5, 0.6) is 0 Å². The maximum atomic E-state index is 12.4. The SMILES string of the molecule is NCc1nc(C(=O)N2CCOC(c3cccs3)C2)cs1. The molecule has 7 heteroatoms. The van der Waals surface area contributed by atoms with E-state index in [1.165, 1.54) is 11.3 Å². The normalized spacial score (nSPS) is 19.2. The third-order valence-corrected chi connectivity index (χ3v) is 5.00. The number of hydrogen-bond donors (Lipinski definition) is 1. The van der Waals surface area contributed by atoms with Crippen molar-refractivity contribution >= 4 is 28.6 Å². The van der Waals surface area contributed by atoms with E-state index >= 15 is 0 Å². The first-order valence-electron chi connectivity index (χ1n) is 6.36. The van der Waals surface area contributed by atoms with Crippen LogP contribution >= 0.6 is 22.7 Å². The monoisotopic (exact) mass is 309 g/mol. The molecule has 0 saturated carbocycles. The number of carbonyl (C=O) groups is 1. The summed E-state index contributed by atoms with van der Waals surface area (Å²) in [6, 6.07) is 4.04. The van der Waals surface area contributed by atoms with Crippen LogP contribution in [0.2, 0.25) is 0 Å². The summed E-state index contributed by atoms with van der Waals surface area (Å²) in [5, 5.41) is 4.59. The molecule has 1 aliphatic rings. The van der Waals surface area contributed by atoms with E-state index in [2.05, 4.69) is 4.98 Å². The minimum absolute atomic E-state index is 0.0275. The molecule has 0 spiro atoms. The molecule has 0 aromatic carbocycles. The summed E-state index contributed by atoms with van der Waals surface area (Å²) in [5.41, 5.74) is 6.02. The molecule has 106 valence electrons. The van der Waals surface area contributed by atoms with Crippen molar-refractivity contribution in [3.63, 3.8) is 0 Å². The first-order valence-corrected chi connectivity index (χ1v) is 8.12. The second kappa shape index (κ2) is 6.01. The number of thiazole rings is 1. The van der Waals surface area contributed by atoms with Crippen LogP contribution in [0, 0.1) is 0 Å². The summed E-state index contributed by atoms with van der Waals surface area (Å²) in [7, 11) is 0. The van der Waals surface area contributed by atoms with E-state index in [1.807, 2.05) is 22.4 Å². The van der Waals surface area contributed by atoms with Gasteiger partial charge in [0.25, 0.3) is 5.91 Å². The van der Waals surface area contributed by atoms with E-state index in [1.54, 1.807) is 16.7 Å². The zero-order valence-electron chi connectivity index (χ0n) is 10.8. The number of amides is 1. The molecule has 1 amide bonds. The fourth-order valence-electron chi connectivity index (χ4n) is 2.15. The highest BCUT2D eigenvalue weighted by molar-refractivity contribution is 7.10. The van der Waals surface area contributed by atoms with E-state index < -0.39 is 0 Å². The number of thiophene rings is 1. The van der Waals surface area contributed by atoms with Crippen LogP contribution in [0.1, 0.15) is 26.5 Å². The van der Waals surface area contributed by atoms with Gasteiger partial charge in [-0.1, -0.05) is 6.07 Å². The van der Waals surface area contributed by atoms with Gasteiger partial charge in [-0.2, -0.15) is 0 Å². The van der Waals surface area contributed by atoms with Gasteiger partial charge in [-0.15, -0.1) is 22.7 Å². The number of rotatable bonds is 3. The van der Waals surface area contributed by atoms with E-state index in [9.17, 15) is 4.79 Å². The van der Waals surface area contributed by atoms with E-state index in [4.69, 9.17) is 10.5 Å². The smallest absolute Gasteiger partial charge is 0.273 e. The minimum atomic E-state index is -0.0363. The predicted octanol–water partition coefficient (Wildman–Crippen LogP) is 1.88. The zero-order chi connectivity index (χ0) is 13.9. The lowest BCUT2D eigenvalue weighted by Gasteiger charge is -2.32. The summed E-state index contributed by atoms with van der Waals surface area (Å²) in [4.78, 5) is 19.6. The third kappa shape index (κ3) is 2.76. The summed E-state index contributed by atoms with van der Waals surface area (Å²) < 4.78 is 5.74. The standard InChI is InChI=1S/C13H15N3O2S2/c14-6-12-15-9(8-20-12)13(17)16-3-4-18-10(7-16)11-2-1-5-19-11/h1-2,5,8,10H,3-4,6-7,14H2. The van der Waals surface area contributed by atoms with Crippen molar-refractivity contribution in [1.82, 2.24) is 9.88 Å². The summed E-state index contributed by atoms with van der Waals surface area (Å²) in [6.45, 7) is 2.12. The molecule has 5 nitrogen and oxygen atoms in total. The Labute approximate surface area is 125 Å². The summed E-state index contributed by atoms with van der Waals surface area (Å²) in [6.07, 6.45) is -0.0275. The van der Waals surface area contributed by atoms with Gasteiger partial charge in [-0.25, -0.2) is 4.98 Å².